The third kappa shape index (κ3) is 5.02. The predicted molar refractivity (Wildman–Crippen MR) is 81.6 cm³/mol. The number of aliphatic hydroxyl groups is 1. The van der Waals surface area contributed by atoms with Crippen LogP contribution < -0.4 is 14.8 Å². The summed E-state index contributed by atoms with van der Waals surface area (Å²) in [7, 11) is 3.27. The molecule has 1 aromatic carbocycles. The van der Waals surface area contributed by atoms with Gasteiger partial charge in [-0.05, 0) is 44.4 Å². The Morgan fingerprint density at radius 3 is 2.45 bits per heavy atom. The molecule has 0 aliphatic carbocycles. The minimum absolute atomic E-state index is 0.283. The van der Waals surface area contributed by atoms with E-state index in [9.17, 15) is 5.11 Å². The molecular formula is C16H27NO3. The molecule has 114 valence electrons. The van der Waals surface area contributed by atoms with Crippen LogP contribution in [0.5, 0.6) is 11.5 Å². The van der Waals surface area contributed by atoms with Crippen LogP contribution in [0.3, 0.4) is 0 Å². The fourth-order valence-electron chi connectivity index (χ4n) is 1.95. The maximum Gasteiger partial charge on any atom is 0.160 e. The molecule has 0 aromatic heterocycles. The number of nitrogens with one attached hydrogen (secondary N) is 1. The summed E-state index contributed by atoms with van der Waals surface area (Å²) >= 11 is 0. The van der Waals surface area contributed by atoms with Crippen LogP contribution in [0.4, 0.5) is 0 Å². The van der Waals surface area contributed by atoms with Gasteiger partial charge in [0, 0.05) is 12.6 Å². The summed E-state index contributed by atoms with van der Waals surface area (Å²) in [6.07, 6.45) is 1.61. The molecule has 4 heteroatoms. The maximum absolute atomic E-state index is 9.99. The van der Waals surface area contributed by atoms with Gasteiger partial charge in [-0.1, -0.05) is 13.0 Å². The van der Waals surface area contributed by atoms with Gasteiger partial charge in [-0.2, -0.15) is 0 Å². The van der Waals surface area contributed by atoms with Crippen LogP contribution in [-0.2, 0) is 6.42 Å². The topological polar surface area (TPSA) is 50.7 Å². The highest BCUT2D eigenvalue weighted by Gasteiger charge is 2.18. The van der Waals surface area contributed by atoms with Gasteiger partial charge in [0.2, 0.25) is 0 Å². The highest BCUT2D eigenvalue weighted by atomic mass is 16.5. The van der Waals surface area contributed by atoms with Gasteiger partial charge in [0.25, 0.3) is 0 Å². The molecule has 20 heavy (non-hydrogen) atoms. The fourth-order valence-corrected chi connectivity index (χ4v) is 1.95. The van der Waals surface area contributed by atoms with Gasteiger partial charge in [-0.25, -0.2) is 0 Å². The summed E-state index contributed by atoms with van der Waals surface area (Å²) in [5.74, 6) is 1.49. The molecule has 0 fully saturated rings. The number of hydrogen-bond donors (Lipinski definition) is 2. The Balaban J connectivity index is 2.60. The third-order valence-corrected chi connectivity index (χ3v) is 3.58. The zero-order chi connectivity index (χ0) is 15.2. The van der Waals surface area contributed by atoms with E-state index in [0.717, 1.165) is 24.3 Å². The summed E-state index contributed by atoms with van der Waals surface area (Å²) in [5.41, 5.74) is 0.532. The van der Waals surface area contributed by atoms with Crippen molar-refractivity contribution in [2.24, 2.45) is 0 Å². The molecule has 0 spiro atoms. The van der Waals surface area contributed by atoms with Crippen LogP contribution in [0.1, 0.15) is 32.8 Å². The maximum atomic E-state index is 9.99. The zero-order valence-corrected chi connectivity index (χ0v) is 13.2. The van der Waals surface area contributed by atoms with E-state index >= 15 is 0 Å². The van der Waals surface area contributed by atoms with Crippen LogP contribution in [0.25, 0.3) is 0 Å². The molecule has 0 radical (unpaired) electrons. The van der Waals surface area contributed by atoms with Crippen LogP contribution >= 0.6 is 0 Å². The van der Waals surface area contributed by atoms with E-state index in [2.05, 4.69) is 12.2 Å². The first-order chi connectivity index (χ1) is 9.41. The minimum atomic E-state index is -0.647. The molecule has 1 rings (SSSR count). The van der Waals surface area contributed by atoms with Gasteiger partial charge in [-0.15, -0.1) is 0 Å². The van der Waals surface area contributed by atoms with E-state index < -0.39 is 5.60 Å². The normalized spacial score (nSPS) is 15.5. The second-order valence-corrected chi connectivity index (χ2v) is 5.53. The van der Waals surface area contributed by atoms with Crippen molar-refractivity contribution < 1.29 is 14.6 Å². The molecular weight excluding hydrogens is 254 g/mol. The first-order valence-corrected chi connectivity index (χ1v) is 7.08. The predicted octanol–water partition coefficient (Wildman–Crippen LogP) is 2.39. The lowest BCUT2D eigenvalue weighted by Gasteiger charge is -2.24. The van der Waals surface area contributed by atoms with Crippen molar-refractivity contribution in [1.29, 1.82) is 0 Å². The first-order valence-electron chi connectivity index (χ1n) is 7.08. The average Bonchev–Trinajstić information content (AvgIpc) is 2.45. The largest absolute Gasteiger partial charge is 0.493 e. The van der Waals surface area contributed by atoms with Gasteiger partial charge in [-0.3, -0.25) is 0 Å². The molecule has 0 amide bonds. The Morgan fingerprint density at radius 2 is 1.90 bits per heavy atom. The lowest BCUT2D eigenvalue weighted by Crippen LogP contribution is -2.41. The molecule has 0 saturated heterocycles. The summed E-state index contributed by atoms with van der Waals surface area (Å²) in [4.78, 5) is 0. The molecule has 2 unspecified atom stereocenters. The van der Waals surface area contributed by atoms with Crippen LogP contribution in [0.2, 0.25) is 0 Å². The van der Waals surface area contributed by atoms with Crippen LogP contribution in [0, 0.1) is 0 Å². The second-order valence-electron chi connectivity index (χ2n) is 5.53. The molecule has 0 aliphatic heterocycles. The van der Waals surface area contributed by atoms with Gasteiger partial charge in [0.1, 0.15) is 0 Å². The van der Waals surface area contributed by atoms with Crippen molar-refractivity contribution in [3.63, 3.8) is 0 Å². The highest BCUT2D eigenvalue weighted by Crippen LogP contribution is 2.27. The summed E-state index contributed by atoms with van der Waals surface area (Å²) in [5, 5.41) is 13.4. The van der Waals surface area contributed by atoms with Crippen molar-refractivity contribution in [3.8, 4) is 11.5 Å². The lowest BCUT2D eigenvalue weighted by atomic mass is 10.0. The SMILES string of the molecule is CCC(C)(O)CNC(C)Cc1ccc(OC)c(OC)c1. The van der Waals surface area contributed by atoms with E-state index in [-0.39, 0.29) is 6.04 Å². The average molecular weight is 281 g/mol. The molecule has 1 aromatic rings. The van der Waals surface area contributed by atoms with Crippen LogP contribution in [-0.4, -0.2) is 37.5 Å². The Bertz CT molecular complexity index is 418. The number of methoxy groups -OCH3 is 2. The fraction of sp³-hybridized carbons (Fsp3) is 0.625. The molecule has 4 nitrogen and oxygen atoms in total. The van der Waals surface area contributed by atoms with Crippen molar-refractivity contribution in [3.05, 3.63) is 23.8 Å². The van der Waals surface area contributed by atoms with E-state index in [1.54, 1.807) is 14.2 Å². The van der Waals surface area contributed by atoms with Crippen molar-refractivity contribution in [2.75, 3.05) is 20.8 Å². The smallest absolute Gasteiger partial charge is 0.160 e. The molecule has 2 N–H and O–H groups in total. The Kier molecular flexibility index (Phi) is 6.30. The Morgan fingerprint density at radius 1 is 1.25 bits per heavy atom. The Labute approximate surface area is 122 Å². The first kappa shape index (κ1) is 16.8. The van der Waals surface area contributed by atoms with Gasteiger partial charge in [0.15, 0.2) is 11.5 Å². The lowest BCUT2D eigenvalue weighted by molar-refractivity contribution is 0.0534. The highest BCUT2D eigenvalue weighted by molar-refractivity contribution is 5.43. The number of ether oxygens (including phenoxy) is 2. The van der Waals surface area contributed by atoms with Crippen molar-refractivity contribution in [2.45, 2.75) is 45.3 Å². The third-order valence-electron chi connectivity index (χ3n) is 3.58. The Hall–Kier alpha value is -1.26. The number of rotatable bonds is 8. The van der Waals surface area contributed by atoms with E-state index in [1.165, 1.54) is 5.56 Å². The van der Waals surface area contributed by atoms with E-state index in [4.69, 9.17) is 9.47 Å². The van der Waals surface area contributed by atoms with E-state index in [0.29, 0.717) is 6.54 Å². The molecule has 0 bridgehead atoms. The molecule has 2 atom stereocenters. The standard InChI is InChI=1S/C16H27NO3/c1-6-16(3,18)11-17-12(2)9-13-7-8-14(19-4)15(10-13)20-5/h7-8,10,12,17-18H,6,9,11H2,1-5H3. The van der Waals surface area contributed by atoms with Crippen LogP contribution in [0.15, 0.2) is 18.2 Å². The zero-order valence-electron chi connectivity index (χ0n) is 13.2. The quantitative estimate of drug-likeness (QED) is 0.768. The second kappa shape index (κ2) is 7.50. The number of hydrogen-bond acceptors (Lipinski definition) is 4. The molecule has 0 aliphatic rings. The summed E-state index contributed by atoms with van der Waals surface area (Å²) in [6.45, 7) is 6.55. The minimum Gasteiger partial charge on any atom is -0.493 e. The van der Waals surface area contributed by atoms with Gasteiger partial charge < -0.3 is 19.9 Å². The monoisotopic (exact) mass is 281 g/mol. The van der Waals surface area contributed by atoms with Gasteiger partial charge in [0.05, 0.1) is 19.8 Å². The van der Waals surface area contributed by atoms with Crippen molar-refractivity contribution in [1.82, 2.24) is 5.32 Å². The van der Waals surface area contributed by atoms with E-state index in [1.807, 2.05) is 32.0 Å². The van der Waals surface area contributed by atoms with Gasteiger partial charge >= 0.3 is 0 Å². The summed E-state index contributed by atoms with van der Waals surface area (Å²) < 4.78 is 10.5. The molecule has 0 saturated carbocycles. The number of benzene rings is 1. The van der Waals surface area contributed by atoms with Crippen molar-refractivity contribution >= 4 is 0 Å². The summed E-state index contributed by atoms with van der Waals surface area (Å²) in [6, 6.07) is 6.24. The molecule has 0 heterocycles.